The highest BCUT2D eigenvalue weighted by Gasteiger charge is 2.30. The number of benzene rings is 4. The molecule has 4 aromatic heterocycles. The maximum Gasteiger partial charge on any atom is 0.0355 e. The molecule has 0 unspecified atom stereocenters. The summed E-state index contributed by atoms with van der Waals surface area (Å²) < 4.78 is 0. The SMILES string of the molecule is CC(C)(C)c1cc2c(-c3cccs3)c(-c3cccs3)c3cc(C(C)(C)C)cc4c(-c5cccs5)c(-c5cccs5)c(c1)c2c34. The molecule has 8 aromatic rings. The largest absolute Gasteiger partial charge is 0.144 e. The fourth-order valence-corrected chi connectivity index (χ4v) is 9.89. The van der Waals surface area contributed by atoms with E-state index in [2.05, 4.69) is 136 Å². The van der Waals surface area contributed by atoms with Crippen molar-refractivity contribution in [3.05, 3.63) is 105 Å². The first-order valence-corrected chi connectivity index (χ1v) is 18.7. The zero-order valence-electron chi connectivity index (χ0n) is 25.9. The van der Waals surface area contributed by atoms with Crippen LogP contribution in [0.2, 0.25) is 0 Å². The highest BCUT2D eigenvalue weighted by atomic mass is 32.1. The van der Waals surface area contributed by atoms with Crippen LogP contribution in [0.25, 0.3) is 74.1 Å². The molecule has 0 fully saturated rings. The molecule has 0 saturated carbocycles. The lowest BCUT2D eigenvalue weighted by molar-refractivity contribution is 0.591. The molecule has 0 aliphatic rings. The summed E-state index contributed by atoms with van der Waals surface area (Å²) in [6.45, 7) is 14.1. The Labute approximate surface area is 275 Å². The van der Waals surface area contributed by atoms with Gasteiger partial charge >= 0.3 is 0 Å². The van der Waals surface area contributed by atoms with E-state index in [0.717, 1.165) is 0 Å². The summed E-state index contributed by atoms with van der Waals surface area (Å²) in [5.74, 6) is 0. The average molecular weight is 643 g/mol. The van der Waals surface area contributed by atoms with Gasteiger partial charge in [-0.2, -0.15) is 0 Å². The zero-order chi connectivity index (χ0) is 30.4. The van der Waals surface area contributed by atoms with Gasteiger partial charge in [0.15, 0.2) is 0 Å². The number of hydrogen-bond donors (Lipinski definition) is 0. The molecule has 8 rings (SSSR count). The summed E-state index contributed by atoms with van der Waals surface area (Å²) in [5.41, 5.74) is 8.25. The minimum atomic E-state index is -0.00448. The van der Waals surface area contributed by atoms with Crippen molar-refractivity contribution in [3.8, 4) is 41.8 Å². The van der Waals surface area contributed by atoms with Crippen molar-refractivity contribution in [2.45, 2.75) is 52.4 Å². The highest BCUT2D eigenvalue weighted by molar-refractivity contribution is 7.15. The van der Waals surface area contributed by atoms with Crippen molar-refractivity contribution in [2.75, 3.05) is 0 Å². The Morgan fingerprint density at radius 3 is 0.818 bits per heavy atom. The van der Waals surface area contributed by atoms with E-state index in [0.29, 0.717) is 0 Å². The van der Waals surface area contributed by atoms with Gasteiger partial charge in [0.1, 0.15) is 0 Å². The number of hydrogen-bond acceptors (Lipinski definition) is 4. The first-order chi connectivity index (χ1) is 21.1. The van der Waals surface area contributed by atoms with Gasteiger partial charge in [-0.3, -0.25) is 0 Å². The molecule has 0 saturated heterocycles. The highest BCUT2D eigenvalue weighted by Crippen LogP contribution is 2.56. The third kappa shape index (κ3) is 4.34. The quantitative estimate of drug-likeness (QED) is 0.168. The van der Waals surface area contributed by atoms with E-state index < -0.39 is 0 Å². The van der Waals surface area contributed by atoms with Crippen molar-refractivity contribution < 1.29 is 0 Å². The second-order valence-electron chi connectivity index (χ2n) is 13.8. The van der Waals surface area contributed by atoms with Crippen LogP contribution in [0.1, 0.15) is 52.7 Å². The van der Waals surface area contributed by atoms with Crippen LogP contribution in [-0.4, -0.2) is 0 Å². The third-order valence-electron chi connectivity index (χ3n) is 8.91. The maximum atomic E-state index is 2.52. The van der Waals surface area contributed by atoms with Crippen molar-refractivity contribution in [2.24, 2.45) is 0 Å². The molecular formula is C40H34S4. The summed E-state index contributed by atoms with van der Waals surface area (Å²) in [7, 11) is 0. The van der Waals surface area contributed by atoms with E-state index in [1.807, 2.05) is 45.3 Å². The molecule has 4 heterocycles. The number of rotatable bonds is 4. The lowest BCUT2D eigenvalue weighted by atomic mass is 9.76. The second-order valence-corrected chi connectivity index (χ2v) is 17.6. The molecule has 218 valence electrons. The number of thiophene rings is 4. The summed E-state index contributed by atoms with van der Waals surface area (Å²) in [4.78, 5) is 5.34. The summed E-state index contributed by atoms with van der Waals surface area (Å²) in [5, 5.41) is 17.2. The van der Waals surface area contributed by atoms with Gasteiger partial charge < -0.3 is 0 Å². The molecule has 0 aliphatic heterocycles. The van der Waals surface area contributed by atoms with E-state index in [4.69, 9.17) is 0 Å². The first-order valence-electron chi connectivity index (χ1n) is 15.1. The molecule has 0 aliphatic carbocycles. The smallest absolute Gasteiger partial charge is 0.0355 e. The van der Waals surface area contributed by atoms with E-state index in [1.54, 1.807) is 0 Å². The minimum absolute atomic E-state index is 0.00448. The lowest BCUT2D eigenvalue weighted by Crippen LogP contribution is -2.12. The summed E-state index contributed by atoms with van der Waals surface area (Å²) in [6.07, 6.45) is 0. The van der Waals surface area contributed by atoms with Gasteiger partial charge in [-0.25, -0.2) is 0 Å². The first kappa shape index (κ1) is 28.2. The Hall–Kier alpha value is -3.28. The Kier molecular flexibility index (Phi) is 6.49. The van der Waals surface area contributed by atoms with Crippen LogP contribution in [-0.2, 0) is 10.8 Å². The molecule has 0 N–H and O–H groups in total. The van der Waals surface area contributed by atoms with Crippen LogP contribution < -0.4 is 0 Å². The Morgan fingerprint density at radius 1 is 0.386 bits per heavy atom. The molecule has 0 spiro atoms. The topological polar surface area (TPSA) is 0 Å². The predicted octanol–water partition coefficient (Wildman–Crippen LogP) is 14.1. The Balaban J connectivity index is 1.76. The summed E-state index contributed by atoms with van der Waals surface area (Å²) >= 11 is 7.42. The van der Waals surface area contributed by atoms with Crippen molar-refractivity contribution >= 4 is 77.7 Å². The molecule has 0 bridgehead atoms. The van der Waals surface area contributed by atoms with Gasteiger partial charge in [0, 0.05) is 41.8 Å². The third-order valence-corrected chi connectivity index (χ3v) is 12.5. The monoisotopic (exact) mass is 642 g/mol. The molecule has 0 atom stereocenters. The molecular weight excluding hydrogens is 609 g/mol. The van der Waals surface area contributed by atoms with Gasteiger partial charge in [0.2, 0.25) is 0 Å². The fourth-order valence-electron chi connectivity index (χ4n) is 6.72. The normalized spacial score (nSPS) is 12.8. The maximum absolute atomic E-state index is 2.52. The van der Waals surface area contributed by atoms with Crippen LogP contribution in [0.15, 0.2) is 94.3 Å². The standard InChI is InChI=1S/C40H34S4/c1-39(2,3)23-19-25-33-26(20-23)36(30-12-8-16-42-30)38(32-14-10-18-44-32)28-22-24(40(4,5)6)21-27(34(28)33)37(31-13-9-17-43-31)35(25)29-11-7-15-41-29/h7-22H,1-6H3. The second kappa shape index (κ2) is 10.1. The molecule has 44 heavy (non-hydrogen) atoms. The van der Waals surface area contributed by atoms with Gasteiger partial charge in [0.25, 0.3) is 0 Å². The van der Waals surface area contributed by atoms with E-state index in [-0.39, 0.29) is 10.8 Å². The fraction of sp³-hybridized carbons (Fsp3) is 0.200. The van der Waals surface area contributed by atoms with Gasteiger partial charge in [-0.05, 0) is 124 Å². The van der Waals surface area contributed by atoms with E-state index in [1.165, 1.54) is 85.2 Å². The van der Waals surface area contributed by atoms with Gasteiger partial charge in [-0.15, -0.1) is 45.3 Å². The Morgan fingerprint density at radius 2 is 0.636 bits per heavy atom. The van der Waals surface area contributed by atoms with E-state index >= 15 is 0 Å². The van der Waals surface area contributed by atoms with Crippen LogP contribution >= 0.6 is 45.3 Å². The minimum Gasteiger partial charge on any atom is -0.144 e. The molecule has 0 nitrogen and oxygen atoms in total. The molecule has 4 heteroatoms. The van der Waals surface area contributed by atoms with Gasteiger partial charge in [0.05, 0.1) is 0 Å². The molecule has 0 amide bonds. The molecule has 0 radical (unpaired) electrons. The summed E-state index contributed by atoms with van der Waals surface area (Å²) in [6, 6.07) is 28.2. The van der Waals surface area contributed by atoms with Gasteiger partial charge in [-0.1, -0.05) is 65.8 Å². The lowest BCUT2D eigenvalue weighted by Gasteiger charge is -2.29. The van der Waals surface area contributed by atoms with Crippen LogP contribution in [0.3, 0.4) is 0 Å². The van der Waals surface area contributed by atoms with Crippen molar-refractivity contribution in [1.29, 1.82) is 0 Å². The van der Waals surface area contributed by atoms with Crippen LogP contribution in [0, 0.1) is 0 Å². The van der Waals surface area contributed by atoms with E-state index in [9.17, 15) is 0 Å². The van der Waals surface area contributed by atoms with Crippen molar-refractivity contribution in [3.63, 3.8) is 0 Å². The predicted molar refractivity (Wildman–Crippen MR) is 201 cm³/mol. The van der Waals surface area contributed by atoms with Crippen LogP contribution in [0.4, 0.5) is 0 Å². The van der Waals surface area contributed by atoms with Crippen LogP contribution in [0.5, 0.6) is 0 Å². The zero-order valence-corrected chi connectivity index (χ0v) is 29.1. The van der Waals surface area contributed by atoms with Crippen molar-refractivity contribution in [1.82, 2.24) is 0 Å². The average Bonchev–Trinajstić information content (AvgIpc) is 3.81. The molecule has 4 aromatic carbocycles. The Bertz CT molecular complexity index is 1940.